The second kappa shape index (κ2) is 7.05. The van der Waals surface area contributed by atoms with Crippen molar-refractivity contribution in [3.05, 3.63) is 64.2 Å². The van der Waals surface area contributed by atoms with Gasteiger partial charge in [0.05, 0.1) is 6.04 Å². The average molecular weight is 330 g/mol. The van der Waals surface area contributed by atoms with E-state index in [2.05, 4.69) is 17.4 Å². The first-order valence-electron chi connectivity index (χ1n) is 7.91. The Hall–Kier alpha value is -2.00. The Kier molecular flexibility index (Phi) is 4.87. The first-order chi connectivity index (χ1) is 11.1. The zero-order valence-corrected chi connectivity index (χ0v) is 13.9. The summed E-state index contributed by atoms with van der Waals surface area (Å²) >= 11 is 5.98. The molecular formula is C19H20ClNO2. The van der Waals surface area contributed by atoms with Crippen molar-refractivity contribution >= 4 is 17.5 Å². The number of nitrogens with one attached hydrogen (secondary N) is 1. The molecule has 1 aliphatic rings. The van der Waals surface area contributed by atoms with Gasteiger partial charge in [0.15, 0.2) is 6.61 Å². The van der Waals surface area contributed by atoms with E-state index < -0.39 is 0 Å². The van der Waals surface area contributed by atoms with Crippen LogP contribution in [0, 0.1) is 0 Å². The zero-order valence-electron chi connectivity index (χ0n) is 13.1. The molecule has 1 aliphatic carbocycles. The number of hydrogen-bond donors (Lipinski definition) is 1. The van der Waals surface area contributed by atoms with Gasteiger partial charge in [-0.15, -0.1) is 0 Å². The van der Waals surface area contributed by atoms with Crippen molar-refractivity contribution in [1.29, 1.82) is 0 Å². The van der Waals surface area contributed by atoms with E-state index in [0.717, 1.165) is 24.2 Å². The number of amides is 1. The van der Waals surface area contributed by atoms with Crippen LogP contribution in [0.1, 0.15) is 36.1 Å². The fourth-order valence-corrected chi connectivity index (χ4v) is 3.13. The van der Waals surface area contributed by atoms with E-state index in [9.17, 15) is 4.79 Å². The summed E-state index contributed by atoms with van der Waals surface area (Å²) in [4.78, 5) is 12.0. The van der Waals surface area contributed by atoms with Crippen molar-refractivity contribution in [2.75, 3.05) is 6.61 Å². The Morgan fingerprint density at radius 2 is 2.04 bits per heavy atom. The van der Waals surface area contributed by atoms with Crippen LogP contribution < -0.4 is 10.1 Å². The summed E-state index contributed by atoms with van der Waals surface area (Å²) < 4.78 is 5.62. The molecule has 23 heavy (non-hydrogen) atoms. The molecule has 3 nitrogen and oxygen atoms in total. The Morgan fingerprint density at radius 3 is 2.87 bits per heavy atom. The summed E-state index contributed by atoms with van der Waals surface area (Å²) in [5.41, 5.74) is 3.72. The predicted molar refractivity (Wildman–Crippen MR) is 92.0 cm³/mol. The van der Waals surface area contributed by atoms with E-state index in [4.69, 9.17) is 16.3 Å². The number of rotatable bonds is 5. The van der Waals surface area contributed by atoms with Crippen LogP contribution >= 0.6 is 11.6 Å². The van der Waals surface area contributed by atoms with Crippen molar-refractivity contribution in [1.82, 2.24) is 5.32 Å². The average Bonchev–Trinajstić information content (AvgIpc) is 3.00. The van der Waals surface area contributed by atoms with Crippen LogP contribution in [-0.2, 0) is 17.6 Å². The summed E-state index contributed by atoms with van der Waals surface area (Å²) in [6, 6.07) is 13.5. The number of ether oxygens (including phenoxy) is 1. The number of fused-ring (bicyclic) bond motifs is 1. The van der Waals surface area contributed by atoms with Gasteiger partial charge in [-0.25, -0.2) is 0 Å². The molecule has 0 heterocycles. The molecule has 2 aromatic rings. The molecule has 4 heteroatoms. The summed E-state index contributed by atoms with van der Waals surface area (Å²) in [5, 5.41) is 3.59. The maximum absolute atomic E-state index is 12.0. The molecule has 0 bridgehead atoms. The van der Waals surface area contributed by atoms with Crippen molar-refractivity contribution in [3.8, 4) is 5.75 Å². The molecule has 0 saturated heterocycles. The fraction of sp³-hybridized carbons (Fsp3) is 0.316. The minimum absolute atomic E-state index is 0.0176. The third-order valence-electron chi connectivity index (χ3n) is 4.17. The number of carbonyl (C=O) groups excluding carboxylic acids is 1. The van der Waals surface area contributed by atoms with Crippen LogP contribution in [0.2, 0.25) is 5.02 Å². The summed E-state index contributed by atoms with van der Waals surface area (Å²) in [7, 11) is 0. The maximum atomic E-state index is 12.0. The molecule has 0 aromatic heterocycles. The molecule has 1 N–H and O–H groups in total. The van der Waals surface area contributed by atoms with Gasteiger partial charge in [0.25, 0.3) is 5.91 Å². The van der Waals surface area contributed by atoms with Gasteiger partial charge in [0.1, 0.15) is 5.75 Å². The number of aryl methyl sites for hydroxylation is 2. The van der Waals surface area contributed by atoms with Crippen LogP contribution in [0.15, 0.2) is 42.5 Å². The third kappa shape index (κ3) is 4.05. The third-order valence-corrected chi connectivity index (χ3v) is 4.40. The SMILES string of the molecule is C[C@@H](NC(=O)COc1ccc2c(c1)CCC2)c1cccc(Cl)c1. The van der Waals surface area contributed by atoms with Gasteiger partial charge < -0.3 is 10.1 Å². The molecule has 120 valence electrons. The molecule has 1 amide bonds. The van der Waals surface area contributed by atoms with Gasteiger partial charge >= 0.3 is 0 Å². The minimum atomic E-state index is -0.141. The molecule has 0 unspecified atom stereocenters. The van der Waals surface area contributed by atoms with Crippen molar-refractivity contribution in [3.63, 3.8) is 0 Å². The van der Waals surface area contributed by atoms with Gasteiger partial charge in [-0.1, -0.05) is 29.8 Å². The molecule has 0 fully saturated rings. The summed E-state index contributed by atoms with van der Waals surface area (Å²) in [6.07, 6.45) is 3.45. The lowest BCUT2D eigenvalue weighted by Crippen LogP contribution is -2.31. The van der Waals surface area contributed by atoms with E-state index >= 15 is 0 Å². The minimum Gasteiger partial charge on any atom is -0.484 e. The molecular weight excluding hydrogens is 310 g/mol. The van der Waals surface area contributed by atoms with E-state index in [1.807, 2.05) is 37.3 Å². The summed E-state index contributed by atoms with van der Waals surface area (Å²) in [6.45, 7) is 1.95. The number of halogens is 1. The lowest BCUT2D eigenvalue weighted by atomic mass is 10.1. The first-order valence-corrected chi connectivity index (χ1v) is 8.29. The van der Waals surface area contributed by atoms with E-state index in [-0.39, 0.29) is 18.6 Å². The van der Waals surface area contributed by atoms with Crippen molar-refractivity contribution < 1.29 is 9.53 Å². The summed E-state index contributed by atoms with van der Waals surface area (Å²) in [5.74, 6) is 0.620. The molecule has 0 spiro atoms. The van der Waals surface area contributed by atoms with Gasteiger partial charge in [-0.05, 0) is 67.1 Å². The van der Waals surface area contributed by atoms with Gasteiger partial charge in [-0.3, -0.25) is 4.79 Å². The van der Waals surface area contributed by atoms with E-state index in [0.29, 0.717) is 5.02 Å². The van der Waals surface area contributed by atoms with E-state index in [1.54, 1.807) is 0 Å². The number of benzene rings is 2. The van der Waals surface area contributed by atoms with Gasteiger partial charge in [-0.2, -0.15) is 0 Å². The highest BCUT2D eigenvalue weighted by molar-refractivity contribution is 6.30. The van der Waals surface area contributed by atoms with Crippen LogP contribution in [0.5, 0.6) is 5.75 Å². The molecule has 0 aliphatic heterocycles. The first kappa shape index (κ1) is 15.9. The Balaban J connectivity index is 1.53. The van der Waals surface area contributed by atoms with Crippen molar-refractivity contribution in [2.24, 2.45) is 0 Å². The Morgan fingerprint density at radius 1 is 1.22 bits per heavy atom. The molecule has 2 aromatic carbocycles. The van der Waals surface area contributed by atoms with Crippen molar-refractivity contribution in [2.45, 2.75) is 32.2 Å². The van der Waals surface area contributed by atoms with Crippen LogP contribution in [-0.4, -0.2) is 12.5 Å². The van der Waals surface area contributed by atoms with Crippen LogP contribution in [0.25, 0.3) is 0 Å². The molecule has 0 saturated carbocycles. The topological polar surface area (TPSA) is 38.3 Å². The highest BCUT2D eigenvalue weighted by Gasteiger charge is 2.13. The van der Waals surface area contributed by atoms with Crippen LogP contribution in [0.4, 0.5) is 0 Å². The lowest BCUT2D eigenvalue weighted by Gasteiger charge is -2.15. The predicted octanol–water partition coefficient (Wildman–Crippen LogP) is 4.08. The smallest absolute Gasteiger partial charge is 0.258 e. The molecule has 1 atom stereocenters. The largest absolute Gasteiger partial charge is 0.484 e. The Labute approximate surface area is 141 Å². The number of hydrogen-bond acceptors (Lipinski definition) is 2. The molecule has 0 radical (unpaired) electrons. The number of carbonyl (C=O) groups is 1. The quantitative estimate of drug-likeness (QED) is 0.897. The lowest BCUT2D eigenvalue weighted by molar-refractivity contribution is -0.123. The highest BCUT2D eigenvalue weighted by Crippen LogP contribution is 2.26. The highest BCUT2D eigenvalue weighted by atomic mass is 35.5. The zero-order chi connectivity index (χ0) is 16.2. The van der Waals surface area contributed by atoms with Gasteiger partial charge in [0.2, 0.25) is 0 Å². The maximum Gasteiger partial charge on any atom is 0.258 e. The van der Waals surface area contributed by atoms with Gasteiger partial charge in [0, 0.05) is 5.02 Å². The molecule has 3 rings (SSSR count). The fourth-order valence-electron chi connectivity index (χ4n) is 2.93. The van der Waals surface area contributed by atoms with E-state index in [1.165, 1.54) is 17.5 Å². The monoisotopic (exact) mass is 329 g/mol. The van der Waals surface area contributed by atoms with Crippen LogP contribution in [0.3, 0.4) is 0 Å². The second-order valence-corrected chi connectivity index (χ2v) is 6.35. The standard InChI is InChI=1S/C19H20ClNO2/c1-13(15-5-3-7-17(20)10-15)21-19(22)12-23-18-9-8-14-4-2-6-16(14)11-18/h3,5,7-11,13H,2,4,6,12H2,1H3,(H,21,22)/t13-/m1/s1. The Bertz CT molecular complexity index is 714. The second-order valence-electron chi connectivity index (χ2n) is 5.92. The normalized spacial score (nSPS) is 14.2.